The summed E-state index contributed by atoms with van der Waals surface area (Å²) in [6.45, 7) is 9.97. The van der Waals surface area contributed by atoms with Crippen molar-refractivity contribution >= 4 is 0 Å². The van der Waals surface area contributed by atoms with Crippen molar-refractivity contribution < 1.29 is 0 Å². The summed E-state index contributed by atoms with van der Waals surface area (Å²) in [4.78, 5) is 10.8. The smallest absolute Gasteiger partial charge is 0.115 e. The second-order valence-corrected chi connectivity index (χ2v) is 5.71. The van der Waals surface area contributed by atoms with E-state index >= 15 is 0 Å². The summed E-state index contributed by atoms with van der Waals surface area (Å²) in [6, 6.07) is 3.19. The van der Waals surface area contributed by atoms with Crippen molar-refractivity contribution in [3.63, 3.8) is 0 Å². The maximum atomic E-state index is 4.32. The van der Waals surface area contributed by atoms with Crippen molar-refractivity contribution in [2.45, 2.75) is 45.8 Å². The minimum atomic E-state index is 0.573. The highest BCUT2D eigenvalue weighted by Crippen LogP contribution is 2.15. The first kappa shape index (κ1) is 13.4. The topological polar surface area (TPSA) is 41.1 Å². The Morgan fingerprint density at radius 1 is 1.50 bits per heavy atom. The Morgan fingerprint density at radius 3 is 3.00 bits per heavy atom. The Kier molecular flexibility index (Phi) is 4.66. The Hall–Kier alpha value is -1.00. The van der Waals surface area contributed by atoms with Crippen LogP contribution in [-0.4, -0.2) is 40.0 Å². The molecule has 2 atom stereocenters. The molecular weight excluding hydrogens is 224 g/mol. The summed E-state index contributed by atoms with van der Waals surface area (Å²) in [5.41, 5.74) is 1.11. The number of hydrogen-bond acceptors (Lipinski definition) is 4. The third-order valence-electron chi connectivity index (χ3n) is 3.54. The third kappa shape index (κ3) is 3.75. The van der Waals surface area contributed by atoms with Crippen LogP contribution in [-0.2, 0) is 6.54 Å². The molecule has 1 saturated heterocycles. The van der Waals surface area contributed by atoms with Gasteiger partial charge in [0.05, 0.1) is 5.69 Å². The Balaban J connectivity index is 1.93. The predicted octanol–water partition coefficient (Wildman–Crippen LogP) is 1.68. The third-order valence-corrected chi connectivity index (χ3v) is 3.54. The number of rotatable bonds is 4. The molecule has 2 unspecified atom stereocenters. The standard InChI is InChI=1S/C14H24N4/c1-11(2)6-14-9-18(12(3)7-16-14)8-13-4-5-15-10-17-13/h4-5,10-12,14,16H,6-9H2,1-3H3. The quantitative estimate of drug-likeness (QED) is 0.880. The molecule has 18 heavy (non-hydrogen) atoms. The van der Waals surface area contributed by atoms with Crippen LogP contribution < -0.4 is 5.32 Å². The fraction of sp³-hybridized carbons (Fsp3) is 0.714. The van der Waals surface area contributed by atoms with Crippen LogP contribution in [0.3, 0.4) is 0 Å². The van der Waals surface area contributed by atoms with Gasteiger partial charge in [-0.3, -0.25) is 4.90 Å². The van der Waals surface area contributed by atoms with Crippen molar-refractivity contribution in [2.75, 3.05) is 13.1 Å². The largest absolute Gasteiger partial charge is 0.311 e. The van der Waals surface area contributed by atoms with Crippen LogP contribution in [0.4, 0.5) is 0 Å². The summed E-state index contributed by atoms with van der Waals surface area (Å²) in [5.74, 6) is 0.747. The minimum Gasteiger partial charge on any atom is -0.311 e. The van der Waals surface area contributed by atoms with Crippen molar-refractivity contribution in [3.8, 4) is 0 Å². The molecule has 100 valence electrons. The maximum Gasteiger partial charge on any atom is 0.115 e. The van der Waals surface area contributed by atoms with E-state index in [0.29, 0.717) is 12.1 Å². The van der Waals surface area contributed by atoms with Gasteiger partial charge in [0.2, 0.25) is 0 Å². The van der Waals surface area contributed by atoms with Gasteiger partial charge in [0.25, 0.3) is 0 Å². The van der Waals surface area contributed by atoms with Gasteiger partial charge in [0.1, 0.15) is 6.33 Å². The van der Waals surface area contributed by atoms with Gasteiger partial charge in [-0.1, -0.05) is 13.8 Å². The molecule has 4 heteroatoms. The van der Waals surface area contributed by atoms with E-state index in [1.54, 1.807) is 6.33 Å². The predicted molar refractivity (Wildman–Crippen MR) is 73.1 cm³/mol. The molecule has 0 saturated carbocycles. The summed E-state index contributed by atoms with van der Waals surface area (Å²) >= 11 is 0. The fourth-order valence-electron chi connectivity index (χ4n) is 2.56. The second kappa shape index (κ2) is 6.25. The SMILES string of the molecule is CC(C)CC1CN(Cc2ccncn2)C(C)CN1. The van der Waals surface area contributed by atoms with Crippen molar-refractivity contribution in [2.24, 2.45) is 5.92 Å². The van der Waals surface area contributed by atoms with Gasteiger partial charge in [-0.25, -0.2) is 9.97 Å². The summed E-state index contributed by atoms with van der Waals surface area (Å²) < 4.78 is 0. The van der Waals surface area contributed by atoms with Crippen LogP contribution in [0.5, 0.6) is 0 Å². The highest BCUT2D eigenvalue weighted by atomic mass is 15.2. The Labute approximate surface area is 110 Å². The van der Waals surface area contributed by atoms with E-state index in [1.807, 2.05) is 12.3 Å². The molecule has 0 aromatic carbocycles. The van der Waals surface area contributed by atoms with Gasteiger partial charge in [0.15, 0.2) is 0 Å². The molecule has 1 aromatic rings. The van der Waals surface area contributed by atoms with Crippen LogP contribution in [0.1, 0.15) is 32.9 Å². The fourth-order valence-corrected chi connectivity index (χ4v) is 2.56. The number of nitrogens with one attached hydrogen (secondary N) is 1. The normalized spacial score (nSPS) is 25.6. The van der Waals surface area contributed by atoms with E-state index in [1.165, 1.54) is 6.42 Å². The van der Waals surface area contributed by atoms with Crippen LogP contribution in [0.25, 0.3) is 0 Å². The summed E-state index contributed by atoms with van der Waals surface area (Å²) in [7, 11) is 0. The molecule has 1 aromatic heterocycles. The summed E-state index contributed by atoms with van der Waals surface area (Å²) in [5, 5.41) is 3.64. The van der Waals surface area contributed by atoms with E-state index in [2.05, 4.69) is 41.0 Å². The highest BCUT2D eigenvalue weighted by Gasteiger charge is 2.25. The molecule has 2 heterocycles. The van der Waals surface area contributed by atoms with E-state index in [9.17, 15) is 0 Å². The lowest BCUT2D eigenvalue weighted by atomic mass is 10.00. The molecule has 1 aliphatic rings. The first-order valence-electron chi connectivity index (χ1n) is 6.87. The van der Waals surface area contributed by atoms with Gasteiger partial charge >= 0.3 is 0 Å². The zero-order chi connectivity index (χ0) is 13.0. The van der Waals surface area contributed by atoms with E-state index in [-0.39, 0.29) is 0 Å². The van der Waals surface area contributed by atoms with Crippen LogP contribution in [0.15, 0.2) is 18.6 Å². The van der Waals surface area contributed by atoms with Gasteiger partial charge < -0.3 is 5.32 Å². The highest BCUT2D eigenvalue weighted by molar-refractivity contribution is 4.99. The number of piperazine rings is 1. The van der Waals surface area contributed by atoms with Crippen molar-refractivity contribution in [3.05, 3.63) is 24.3 Å². The average molecular weight is 248 g/mol. The van der Waals surface area contributed by atoms with Crippen LogP contribution in [0, 0.1) is 5.92 Å². The molecule has 0 amide bonds. The number of nitrogens with zero attached hydrogens (tertiary/aromatic N) is 3. The molecule has 0 bridgehead atoms. The van der Waals surface area contributed by atoms with Gasteiger partial charge in [-0.2, -0.15) is 0 Å². The molecule has 1 fully saturated rings. The maximum absolute atomic E-state index is 4.32. The number of hydrogen-bond donors (Lipinski definition) is 1. The second-order valence-electron chi connectivity index (χ2n) is 5.71. The van der Waals surface area contributed by atoms with Crippen LogP contribution in [0.2, 0.25) is 0 Å². The molecular formula is C14H24N4. The van der Waals surface area contributed by atoms with Gasteiger partial charge in [-0.15, -0.1) is 0 Å². The molecule has 1 aliphatic heterocycles. The molecule has 2 rings (SSSR count). The summed E-state index contributed by atoms with van der Waals surface area (Å²) in [6.07, 6.45) is 4.70. The average Bonchev–Trinajstić information content (AvgIpc) is 2.34. The lowest BCUT2D eigenvalue weighted by Gasteiger charge is -2.39. The van der Waals surface area contributed by atoms with Crippen molar-refractivity contribution in [1.29, 1.82) is 0 Å². The molecule has 0 radical (unpaired) electrons. The monoisotopic (exact) mass is 248 g/mol. The van der Waals surface area contributed by atoms with E-state index in [0.717, 1.165) is 31.2 Å². The minimum absolute atomic E-state index is 0.573. The Morgan fingerprint density at radius 2 is 2.33 bits per heavy atom. The molecule has 0 spiro atoms. The van der Waals surface area contributed by atoms with Crippen molar-refractivity contribution in [1.82, 2.24) is 20.2 Å². The van der Waals surface area contributed by atoms with Gasteiger partial charge in [0, 0.05) is 37.9 Å². The number of aromatic nitrogens is 2. The van der Waals surface area contributed by atoms with Gasteiger partial charge in [-0.05, 0) is 25.3 Å². The Bertz CT molecular complexity index is 352. The lowest BCUT2D eigenvalue weighted by molar-refractivity contribution is 0.123. The molecule has 4 nitrogen and oxygen atoms in total. The van der Waals surface area contributed by atoms with E-state index < -0.39 is 0 Å². The zero-order valence-electron chi connectivity index (χ0n) is 11.6. The van der Waals surface area contributed by atoms with E-state index in [4.69, 9.17) is 0 Å². The zero-order valence-corrected chi connectivity index (χ0v) is 11.6. The molecule has 1 N–H and O–H groups in total. The van der Waals surface area contributed by atoms with Crippen LogP contribution >= 0.6 is 0 Å². The first-order valence-corrected chi connectivity index (χ1v) is 6.87. The first-order chi connectivity index (χ1) is 8.65. The lowest BCUT2D eigenvalue weighted by Crippen LogP contribution is -2.55. The molecule has 0 aliphatic carbocycles.